The Morgan fingerprint density at radius 1 is 1.62 bits per heavy atom. The van der Waals surface area contributed by atoms with Crippen LogP contribution in [0.5, 0.6) is 0 Å². The number of carboxylic acid groups (broad SMARTS) is 1. The van der Waals surface area contributed by atoms with Gasteiger partial charge in [-0.1, -0.05) is 0 Å². The van der Waals surface area contributed by atoms with Gasteiger partial charge in [-0.05, 0) is 0 Å². The second-order valence-electron chi connectivity index (χ2n) is 2.66. The first-order valence-corrected chi connectivity index (χ1v) is 5.37. The normalized spacial score (nSPS) is 11.9. The summed E-state index contributed by atoms with van der Waals surface area (Å²) in [6.07, 6.45) is -2.09. The number of aromatic amines is 1. The average molecular weight is 255 g/mol. The van der Waals surface area contributed by atoms with Crippen LogP contribution in [0.2, 0.25) is 0 Å². The Kier molecular flexibility index (Phi) is 3.55. The molecule has 0 aliphatic rings. The Bertz CT molecular complexity index is 484. The SMILES string of the molecule is O=C(O)c1cn[nH]c1S(=O)(=O)NCC(F)F. The summed E-state index contributed by atoms with van der Waals surface area (Å²) in [5, 5.41) is 13.0. The van der Waals surface area contributed by atoms with Gasteiger partial charge in [0.2, 0.25) is 0 Å². The van der Waals surface area contributed by atoms with Crippen molar-refractivity contribution in [1.29, 1.82) is 0 Å². The predicted octanol–water partition coefficient (Wildman–Crippen LogP) is -0.349. The molecule has 1 aromatic rings. The van der Waals surface area contributed by atoms with Gasteiger partial charge in [-0.15, -0.1) is 0 Å². The van der Waals surface area contributed by atoms with Crippen molar-refractivity contribution in [2.45, 2.75) is 11.5 Å². The number of nitrogens with one attached hydrogen (secondary N) is 2. The third-order valence-electron chi connectivity index (χ3n) is 1.53. The molecule has 3 N–H and O–H groups in total. The van der Waals surface area contributed by atoms with E-state index < -0.39 is 39.6 Å². The van der Waals surface area contributed by atoms with Gasteiger partial charge in [0.05, 0.1) is 12.7 Å². The van der Waals surface area contributed by atoms with Crippen LogP contribution in [0.3, 0.4) is 0 Å². The van der Waals surface area contributed by atoms with Crippen LogP contribution in [0.15, 0.2) is 11.2 Å². The van der Waals surface area contributed by atoms with Crippen molar-refractivity contribution >= 4 is 16.0 Å². The van der Waals surface area contributed by atoms with Gasteiger partial charge in [0.15, 0.2) is 5.03 Å². The predicted molar refractivity (Wildman–Crippen MR) is 46.7 cm³/mol. The molecule has 0 aliphatic carbocycles. The molecule has 0 aliphatic heterocycles. The quantitative estimate of drug-likeness (QED) is 0.665. The zero-order valence-electron chi connectivity index (χ0n) is 7.65. The Hall–Kier alpha value is -1.55. The number of carboxylic acids is 1. The molecular formula is C6H7F2N3O4S. The number of rotatable bonds is 5. The van der Waals surface area contributed by atoms with E-state index >= 15 is 0 Å². The number of nitrogens with zero attached hydrogens (tertiary/aromatic N) is 1. The molecule has 0 unspecified atom stereocenters. The molecule has 0 bridgehead atoms. The summed E-state index contributed by atoms with van der Waals surface area (Å²) in [7, 11) is -4.32. The van der Waals surface area contributed by atoms with Crippen molar-refractivity contribution in [3.05, 3.63) is 11.8 Å². The van der Waals surface area contributed by atoms with Gasteiger partial charge < -0.3 is 5.11 Å². The minimum Gasteiger partial charge on any atom is -0.478 e. The second-order valence-corrected chi connectivity index (χ2v) is 4.36. The largest absolute Gasteiger partial charge is 0.478 e. The zero-order valence-corrected chi connectivity index (χ0v) is 8.46. The zero-order chi connectivity index (χ0) is 12.3. The molecule has 0 amide bonds. The van der Waals surface area contributed by atoms with Gasteiger partial charge in [-0.2, -0.15) is 5.10 Å². The Morgan fingerprint density at radius 2 is 2.25 bits per heavy atom. The summed E-state index contributed by atoms with van der Waals surface area (Å²) < 4.78 is 47.8. The highest BCUT2D eigenvalue weighted by molar-refractivity contribution is 7.89. The molecular weight excluding hydrogens is 248 g/mol. The van der Waals surface area contributed by atoms with E-state index in [1.807, 2.05) is 5.10 Å². The molecule has 7 nitrogen and oxygen atoms in total. The minimum absolute atomic E-state index is 0.609. The summed E-state index contributed by atoms with van der Waals surface area (Å²) in [4.78, 5) is 10.6. The molecule has 0 aromatic carbocycles. The van der Waals surface area contributed by atoms with Crippen LogP contribution in [0, 0.1) is 0 Å². The molecule has 0 fully saturated rings. The van der Waals surface area contributed by atoms with Gasteiger partial charge in [0.25, 0.3) is 16.4 Å². The van der Waals surface area contributed by atoms with Crippen LogP contribution in [-0.4, -0.2) is 42.7 Å². The van der Waals surface area contributed by atoms with E-state index in [4.69, 9.17) is 5.11 Å². The van der Waals surface area contributed by atoms with Crippen molar-refractivity contribution in [3.8, 4) is 0 Å². The molecule has 0 spiro atoms. The molecule has 0 saturated heterocycles. The van der Waals surface area contributed by atoms with Crippen LogP contribution in [0.1, 0.15) is 10.4 Å². The van der Waals surface area contributed by atoms with E-state index in [0.717, 1.165) is 6.20 Å². The summed E-state index contributed by atoms with van der Waals surface area (Å²) in [6.45, 7) is -1.10. The van der Waals surface area contributed by atoms with Crippen molar-refractivity contribution in [2.24, 2.45) is 0 Å². The van der Waals surface area contributed by atoms with Gasteiger partial charge >= 0.3 is 5.97 Å². The van der Waals surface area contributed by atoms with Crippen molar-refractivity contribution in [1.82, 2.24) is 14.9 Å². The van der Waals surface area contributed by atoms with Crippen LogP contribution < -0.4 is 4.72 Å². The first-order valence-electron chi connectivity index (χ1n) is 3.89. The molecule has 0 saturated carbocycles. The fourth-order valence-electron chi connectivity index (χ4n) is 0.876. The van der Waals surface area contributed by atoms with Crippen LogP contribution in [-0.2, 0) is 10.0 Å². The maximum absolute atomic E-state index is 11.8. The number of H-pyrrole nitrogens is 1. The van der Waals surface area contributed by atoms with E-state index in [-0.39, 0.29) is 0 Å². The number of alkyl halides is 2. The second kappa shape index (κ2) is 4.53. The fraction of sp³-hybridized carbons (Fsp3) is 0.333. The molecule has 1 rings (SSSR count). The van der Waals surface area contributed by atoms with Crippen LogP contribution >= 0.6 is 0 Å². The van der Waals surface area contributed by atoms with E-state index in [1.54, 1.807) is 4.72 Å². The number of halogens is 2. The maximum Gasteiger partial charge on any atom is 0.340 e. The molecule has 16 heavy (non-hydrogen) atoms. The number of hydrogen-bond donors (Lipinski definition) is 3. The highest BCUT2D eigenvalue weighted by Crippen LogP contribution is 2.11. The summed E-state index contributed by atoms with van der Waals surface area (Å²) in [6, 6.07) is 0. The molecule has 1 aromatic heterocycles. The first kappa shape index (κ1) is 12.5. The smallest absolute Gasteiger partial charge is 0.340 e. The van der Waals surface area contributed by atoms with E-state index in [1.165, 1.54) is 0 Å². The Balaban J connectivity index is 2.99. The van der Waals surface area contributed by atoms with Gasteiger partial charge in [0, 0.05) is 0 Å². The lowest BCUT2D eigenvalue weighted by molar-refractivity contribution is 0.0692. The van der Waals surface area contributed by atoms with Crippen molar-refractivity contribution in [2.75, 3.05) is 6.54 Å². The maximum atomic E-state index is 11.8. The van der Waals surface area contributed by atoms with Crippen LogP contribution in [0.25, 0.3) is 0 Å². The average Bonchev–Trinajstić information content (AvgIpc) is 2.63. The lowest BCUT2D eigenvalue weighted by Gasteiger charge is -2.04. The summed E-state index contributed by atoms with van der Waals surface area (Å²) in [5.74, 6) is -1.52. The van der Waals surface area contributed by atoms with Gasteiger partial charge in [-0.3, -0.25) is 5.10 Å². The van der Waals surface area contributed by atoms with Gasteiger partial charge in [0.1, 0.15) is 5.56 Å². The van der Waals surface area contributed by atoms with Crippen molar-refractivity contribution < 1.29 is 27.1 Å². The summed E-state index contributed by atoms with van der Waals surface area (Å²) >= 11 is 0. The van der Waals surface area contributed by atoms with Crippen molar-refractivity contribution in [3.63, 3.8) is 0 Å². The monoisotopic (exact) mass is 255 g/mol. The van der Waals surface area contributed by atoms with Gasteiger partial charge in [-0.25, -0.2) is 26.7 Å². The molecule has 1 heterocycles. The first-order chi connectivity index (χ1) is 7.34. The highest BCUT2D eigenvalue weighted by Gasteiger charge is 2.25. The van der Waals surface area contributed by atoms with Crippen LogP contribution in [0.4, 0.5) is 8.78 Å². The number of carbonyl (C=O) groups is 1. The highest BCUT2D eigenvalue weighted by atomic mass is 32.2. The number of aromatic carboxylic acids is 1. The number of hydrogen-bond acceptors (Lipinski definition) is 4. The van der Waals surface area contributed by atoms with E-state index in [0.29, 0.717) is 0 Å². The summed E-state index contributed by atoms with van der Waals surface area (Å²) in [5.41, 5.74) is -0.609. The molecule has 10 heteroatoms. The topological polar surface area (TPSA) is 112 Å². The number of sulfonamides is 1. The molecule has 90 valence electrons. The van der Waals surface area contributed by atoms with E-state index in [2.05, 4.69) is 5.10 Å². The standard InChI is InChI=1S/C6H7F2N3O4S/c7-4(8)2-10-16(14,15)5-3(6(12)13)1-9-11-5/h1,4,10H,2H2,(H,9,11)(H,12,13). The molecule has 0 atom stereocenters. The lowest BCUT2D eigenvalue weighted by Crippen LogP contribution is -2.30. The van der Waals surface area contributed by atoms with E-state index in [9.17, 15) is 22.0 Å². The fourth-order valence-corrected chi connectivity index (χ4v) is 1.97. The lowest BCUT2D eigenvalue weighted by atomic mass is 10.4. The molecule has 0 radical (unpaired) electrons. The third kappa shape index (κ3) is 2.73. The Labute approximate surface area is 88.5 Å². The Morgan fingerprint density at radius 3 is 2.75 bits per heavy atom. The number of aromatic nitrogens is 2. The minimum atomic E-state index is -4.32. The third-order valence-corrected chi connectivity index (χ3v) is 2.93.